The van der Waals surface area contributed by atoms with Crippen molar-refractivity contribution in [3.05, 3.63) is 54.1 Å². The van der Waals surface area contributed by atoms with Crippen molar-refractivity contribution in [3.63, 3.8) is 0 Å². The molecule has 0 aliphatic carbocycles. The van der Waals surface area contributed by atoms with Crippen LogP contribution in [0.15, 0.2) is 42.7 Å². The third-order valence-corrected chi connectivity index (χ3v) is 3.60. The SMILES string of the molecule is CN(CCNc1ccccc1C(C)(C)C)C(=O)c1ncccn1. The van der Waals surface area contributed by atoms with Crippen LogP contribution in [-0.4, -0.2) is 40.9 Å². The van der Waals surface area contributed by atoms with Gasteiger partial charge in [0.05, 0.1) is 0 Å². The fraction of sp³-hybridized carbons (Fsp3) is 0.389. The highest BCUT2D eigenvalue weighted by molar-refractivity contribution is 5.90. The number of hydrogen-bond acceptors (Lipinski definition) is 4. The average molecular weight is 312 g/mol. The van der Waals surface area contributed by atoms with Gasteiger partial charge in [-0.25, -0.2) is 9.97 Å². The number of anilines is 1. The Bertz CT molecular complexity index is 650. The quantitative estimate of drug-likeness (QED) is 0.922. The molecular formula is C18H24N4O. The largest absolute Gasteiger partial charge is 0.383 e. The summed E-state index contributed by atoms with van der Waals surface area (Å²) in [6.07, 6.45) is 3.15. The van der Waals surface area contributed by atoms with Crippen molar-refractivity contribution in [2.45, 2.75) is 26.2 Å². The molecule has 2 rings (SSSR count). The molecule has 5 nitrogen and oxygen atoms in total. The molecule has 0 saturated carbocycles. The smallest absolute Gasteiger partial charge is 0.291 e. The summed E-state index contributed by atoms with van der Waals surface area (Å²) in [6, 6.07) is 9.97. The molecule has 5 heteroatoms. The number of rotatable bonds is 5. The van der Waals surface area contributed by atoms with Gasteiger partial charge in [0.1, 0.15) is 0 Å². The maximum Gasteiger partial charge on any atom is 0.291 e. The molecule has 0 atom stereocenters. The van der Waals surface area contributed by atoms with Crippen LogP contribution in [0.1, 0.15) is 37.0 Å². The van der Waals surface area contributed by atoms with Gasteiger partial charge in [-0.3, -0.25) is 4.79 Å². The second kappa shape index (κ2) is 7.22. The van der Waals surface area contributed by atoms with Crippen molar-refractivity contribution < 1.29 is 4.79 Å². The third-order valence-electron chi connectivity index (χ3n) is 3.60. The molecule has 1 aromatic heterocycles. The van der Waals surface area contributed by atoms with E-state index in [1.54, 1.807) is 30.4 Å². The first-order valence-corrected chi connectivity index (χ1v) is 7.75. The number of amides is 1. The van der Waals surface area contributed by atoms with E-state index in [9.17, 15) is 4.79 Å². The molecule has 122 valence electrons. The maximum absolute atomic E-state index is 12.2. The van der Waals surface area contributed by atoms with E-state index in [2.05, 4.69) is 48.2 Å². The second-order valence-electron chi connectivity index (χ2n) is 6.52. The van der Waals surface area contributed by atoms with Crippen molar-refractivity contribution in [1.29, 1.82) is 0 Å². The van der Waals surface area contributed by atoms with Crippen molar-refractivity contribution in [1.82, 2.24) is 14.9 Å². The van der Waals surface area contributed by atoms with Crippen LogP contribution in [0.5, 0.6) is 0 Å². The highest BCUT2D eigenvalue weighted by Crippen LogP contribution is 2.28. The van der Waals surface area contributed by atoms with Gasteiger partial charge in [-0.05, 0) is 23.1 Å². The van der Waals surface area contributed by atoms with Gasteiger partial charge in [0.25, 0.3) is 5.91 Å². The minimum Gasteiger partial charge on any atom is -0.383 e. The summed E-state index contributed by atoms with van der Waals surface area (Å²) in [5.41, 5.74) is 2.45. The fourth-order valence-electron chi connectivity index (χ4n) is 2.33. The van der Waals surface area contributed by atoms with Gasteiger partial charge in [-0.2, -0.15) is 0 Å². The van der Waals surface area contributed by atoms with Crippen molar-refractivity contribution in [3.8, 4) is 0 Å². The molecule has 0 saturated heterocycles. The van der Waals surface area contributed by atoms with Gasteiger partial charge in [-0.15, -0.1) is 0 Å². The molecular weight excluding hydrogens is 288 g/mol. The molecule has 2 aromatic rings. The first-order chi connectivity index (χ1) is 10.9. The van der Waals surface area contributed by atoms with Crippen LogP contribution in [0.2, 0.25) is 0 Å². The lowest BCUT2D eigenvalue weighted by Crippen LogP contribution is -2.32. The summed E-state index contributed by atoms with van der Waals surface area (Å²) in [5, 5.41) is 3.42. The topological polar surface area (TPSA) is 58.1 Å². The third kappa shape index (κ3) is 4.52. The van der Waals surface area contributed by atoms with Gasteiger partial charge < -0.3 is 10.2 Å². The Labute approximate surface area is 137 Å². The van der Waals surface area contributed by atoms with Crippen molar-refractivity contribution in [2.75, 3.05) is 25.5 Å². The van der Waals surface area contributed by atoms with Crippen molar-refractivity contribution >= 4 is 11.6 Å². The summed E-state index contributed by atoms with van der Waals surface area (Å²) in [6.45, 7) is 7.82. The molecule has 0 aliphatic rings. The minimum atomic E-state index is -0.170. The lowest BCUT2D eigenvalue weighted by molar-refractivity contribution is 0.0788. The van der Waals surface area contributed by atoms with Crippen LogP contribution in [0.25, 0.3) is 0 Å². The van der Waals surface area contributed by atoms with E-state index in [0.29, 0.717) is 13.1 Å². The first-order valence-electron chi connectivity index (χ1n) is 7.75. The van der Waals surface area contributed by atoms with Gasteiger partial charge in [0.15, 0.2) is 0 Å². The highest BCUT2D eigenvalue weighted by Gasteiger charge is 2.18. The Balaban J connectivity index is 1.94. The number of para-hydroxylation sites is 1. The van der Waals surface area contributed by atoms with E-state index in [4.69, 9.17) is 0 Å². The predicted molar refractivity (Wildman–Crippen MR) is 92.6 cm³/mol. The number of likely N-dealkylation sites (N-methyl/N-ethyl adjacent to an activating group) is 1. The zero-order valence-electron chi connectivity index (χ0n) is 14.2. The van der Waals surface area contributed by atoms with Gasteiger partial charge in [0, 0.05) is 38.2 Å². The zero-order chi connectivity index (χ0) is 16.9. The number of hydrogen-bond donors (Lipinski definition) is 1. The summed E-state index contributed by atoms with van der Waals surface area (Å²) in [7, 11) is 1.76. The highest BCUT2D eigenvalue weighted by atomic mass is 16.2. The summed E-state index contributed by atoms with van der Waals surface area (Å²) >= 11 is 0. The molecule has 1 aromatic carbocycles. The predicted octanol–water partition coefficient (Wildman–Crippen LogP) is 2.96. The zero-order valence-corrected chi connectivity index (χ0v) is 14.2. The Morgan fingerprint density at radius 3 is 2.43 bits per heavy atom. The van der Waals surface area contributed by atoms with Crippen LogP contribution >= 0.6 is 0 Å². The number of nitrogens with one attached hydrogen (secondary N) is 1. The number of carbonyl (C=O) groups is 1. The fourth-order valence-corrected chi connectivity index (χ4v) is 2.33. The lowest BCUT2D eigenvalue weighted by atomic mass is 9.86. The number of aromatic nitrogens is 2. The summed E-state index contributed by atoms with van der Waals surface area (Å²) in [4.78, 5) is 21.8. The molecule has 0 spiro atoms. The van der Waals surface area contributed by atoms with Crippen LogP contribution < -0.4 is 5.32 Å². The maximum atomic E-state index is 12.2. The van der Waals surface area contributed by atoms with Crippen molar-refractivity contribution in [2.24, 2.45) is 0 Å². The van der Waals surface area contributed by atoms with Crippen LogP contribution in [0, 0.1) is 0 Å². The van der Waals surface area contributed by atoms with Gasteiger partial charge in [0.2, 0.25) is 5.82 Å². The molecule has 0 aliphatic heterocycles. The molecule has 0 fully saturated rings. The van der Waals surface area contributed by atoms with E-state index in [0.717, 1.165) is 5.69 Å². The average Bonchev–Trinajstić information content (AvgIpc) is 2.54. The van der Waals surface area contributed by atoms with E-state index < -0.39 is 0 Å². The Hall–Kier alpha value is -2.43. The van der Waals surface area contributed by atoms with Gasteiger partial charge >= 0.3 is 0 Å². The minimum absolute atomic E-state index is 0.0726. The number of carbonyl (C=O) groups excluding carboxylic acids is 1. The van der Waals surface area contributed by atoms with Crippen LogP contribution in [-0.2, 0) is 5.41 Å². The standard InChI is InChI=1S/C18H24N4O/c1-18(2,3)14-8-5-6-9-15(14)19-12-13-22(4)17(23)16-20-10-7-11-21-16/h5-11,19H,12-13H2,1-4H3. The van der Waals surface area contributed by atoms with Crippen LogP contribution in [0.4, 0.5) is 5.69 Å². The van der Waals surface area contributed by atoms with E-state index in [1.165, 1.54) is 5.56 Å². The Morgan fingerprint density at radius 2 is 1.78 bits per heavy atom. The number of benzene rings is 1. The van der Waals surface area contributed by atoms with E-state index in [1.807, 2.05) is 12.1 Å². The second-order valence-corrected chi connectivity index (χ2v) is 6.52. The Kier molecular flexibility index (Phi) is 5.32. The van der Waals surface area contributed by atoms with E-state index in [-0.39, 0.29) is 17.1 Å². The molecule has 1 heterocycles. The monoisotopic (exact) mass is 312 g/mol. The molecule has 0 radical (unpaired) electrons. The summed E-state index contributed by atoms with van der Waals surface area (Å²) < 4.78 is 0. The molecule has 1 amide bonds. The molecule has 23 heavy (non-hydrogen) atoms. The Morgan fingerprint density at radius 1 is 1.13 bits per heavy atom. The summed E-state index contributed by atoms with van der Waals surface area (Å²) in [5.74, 6) is 0.0570. The molecule has 0 bridgehead atoms. The molecule has 0 unspecified atom stereocenters. The lowest BCUT2D eigenvalue weighted by Gasteiger charge is -2.24. The van der Waals surface area contributed by atoms with Crippen LogP contribution in [0.3, 0.4) is 0 Å². The van der Waals surface area contributed by atoms with E-state index >= 15 is 0 Å². The first kappa shape index (κ1) is 16.9. The van der Waals surface area contributed by atoms with Gasteiger partial charge in [-0.1, -0.05) is 39.0 Å². The normalized spacial score (nSPS) is 11.1. The molecule has 1 N–H and O–H groups in total. The number of nitrogens with zero attached hydrogens (tertiary/aromatic N) is 3.